The second-order valence-corrected chi connectivity index (χ2v) is 6.31. The number of hydrogen-bond acceptors (Lipinski definition) is 4. The van der Waals surface area contributed by atoms with Crippen LogP contribution in [0.1, 0.15) is 26.5 Å². The Morgan fingerprint density at radius 3 is 2.41 bits per heavy atom. The van der Waals surface area contributed by atoms with Gasteiger partial charge in [0.05, 0.1) is 0 Å². The predicted molar refractivity (Wildman–Crippen MR) is 91.8 cm³/mol. The van der Waals surface area contributed by atoms with E-state index in [0.29, 0.717) is 25.1 Å². The van der Waals surface area contributed by atoms with Crippen LogP contribution in [0.25, 0.3) is 0 Å². The molecular formula is C16H18N2O2S2. The molecule has 4 nitrogen and oxygen atoms in total. The summed E-state index contributed by atoms with van der Waals surface area (Å²) >= 11 is 3.01. The standard InChI is InChI=1S/C16H18N2O2S2/c1-21-13-8-11-22-14(13)16(20)18-10-5-9-17-15(19)12-6-3-2-4-7-12/h2-4,6-8,11H,5,9-10H2,1H3,(H,17,19)(H,18,20). The molecule has 0 saturated heterocycles. The molecule has 1 aromatic heterocycles. The van der Waals surface area contributed by atoms with Crippen LogP contribution in [0.5, 0.6) is 0 Å². The lowest BCUT2D eigenvalue weighted by molar-refractivity contribution is 0.0952. The van der Waals surface area contributed by atoms with Crippen LogP contribution >= 0.6 is 23.1 Å². The van der Waals surface area contributed by atoms with Crippen LogP contribution in [0.4, 0.5) is 0 Å². The van der Waals surface area contributed by atoms with Crippen LogP contribution in [-0.2, 0) is 0 Å². The molecule has 0 unspecified atom stereocenters. The Bertz CT molecular complexity index is 626. The summed E-state index contributed by atoms with van der Waals surface area (Å²) in [6, 6.07) is 11.0. The van der Waals surface area contributed by atoms with Gasteiger partial charge in [0.1, 0.15) is 4.88 Å². The number of thiophene rings is 1. The van der Waals surface area contributed by atoms with Crippen molar-refractivity contribution < 1.29 is 9.59 Å². The van der Waals surface area contributed by atoms with Crippen LogP contribution in [0.15, 0.2) is 46.7 Å². The van der Waals surface area contributed by atoms with Crippen molar-refractivity contribution in [1.82, 2.24) is 10.6 Å². The average Bonchev–Trinajstić information content (AvgIpc) is 3.03. The van der Waals surface area contributed by atoms with Crippen molar-refractivity contribution >= 4 is 34.9 Å². The van der Waals surface area contributed by atoms with Gasteiger partial charge < -0.3 is 10.6 Å². The minimum Gasteiger partial charge on any atom is -0.352 e. The Balaban J connectivity index is 1.67. The zero-order chi connectivity index (χ0) is 15.8. The third kappa shape index (κ3) is 4.61. The van der Waals surface area contributed by atoms with Gasteiger partial charge in [0, 0.05) is 23.5 Å². The Morgan fingerprint density at radius 2 is 1.73 bits per heavy atom. The smallest absolute Gasteiger partial charge is 0.262 e. The fourth-order valence-electron chi connectivity index (χ4n) is 1.89. The Labute approximate surface area is 138 Å². The summed E-state index contributed by atoms with van der Waals surface area (Å²) < 4.78 is 0. The van der Waals surface area contributed by atoms with Crippen molar-refractivity contribution in [3.63, 3.8) is 0 Å². The van der Waals surface area contributed by atoms with E-state index in [1.165, 1.54) is 11.3 Å². The summed E-state index contributed by atoms with van der Waals surface area (Å²) in [5, 5.41) is 7.64. The van der Waals surface area contributed by atoms with E-state index >= 15 is 0 Å². The van der Waals surface area contributed by atoms with E-state index in [-0.39, 0.29) is 11.8 Å². The SMILES string of the molecule is CSc1ccsc1C(=O)NCCCNC(=O)c1ccccc1. The van der Waals surface area contributed by atoms with Gasteiger partial charge in [0.15, 0.2) is 0 Å². The molecule has 116 valence electrons. The first-order valence-corrected chi connectivity index (χ1v) is 9.05. The predicted octanol–water partition coefficient (Wildman–Crippen LogP) is 3.02. The van der Waals surface area contributed by atoms with Crippen molar-refractivity contribution in [3.8, 4) is 0 Å². The fraction of sp³-hybridized carbons (Fsp3) is 0.250. The first-order chi connectivity index (χ1) is 10.7. The first-order valence-electron chi connectivity index (χ1n) is 6.95. The highest BCUT2D eigenvalue weighted by Gasteiger charge is 2.11. The second kappa shape index (κ2) is 8.60. The van der Waals surface area contributed by atoms with E-state index in [9.17, 15) is 9.59 Å². The molecule has 2 N–H and O–H groups in total. The minimum absolute atomic E-state index is 0.0475. The number of amides is 2. The van der Waals surface area contributed by atoms with Crippen molar-refractivity contribution in [1.29, 1.82) is 0 Å². The molecule has 0 radical (unpaired) electrons. The summed E-state index contributed by atoms with van der Waals surface area (Å²) in [7, 11) is 0. The maximum Gasteiger partial charge on any atom is 0.262 e. The van der Waals surface area contributed by atoms with Gasteiger partial charge in [-0.1, -0.05) is 18.2 Å². The number of carbonyl (C=O) groups is 2. The number of nitrogens with one attached hydrogen (secondary N) is 2. The van der Waals surface area contributed by atoms with E-state index in [0.717, 1.165) is 9.77 Å². The minimum atomic E-state index is -0.0881. The molecule has 0 saturated carbocycles. The van der Waals surface area contributed by atoms with E-state index in [1.807, 2.05) is 35.9 Å². The Hall–Kier alpha value is -1.79. The van der Waals surface area contributed by atoms with Crippen LogP contribution in [0, 0.1) is 0 Å². The van der Waals surface area contributed by atoms with E-state index in [1.54, 1.807) is 23.9 Å². The van der Waals surface area contributed by atoms with Gasteiger partial charge in [-0.25, -0.2) is 0 Å². The van der Waals surface area contributed by atoms with Crippen LogP contribution in [0.3, 0.4) is 0 Å². The summed E-state index contributed by atoms with van der Waals surface area (Å²) in [6.07, 6.45) is 2.65. The summed E-state index contributed by atoms with van der Waals surface area (Å²) in [4.78, 5) is 25.6. The zero-order valence-corrected chi connectivity index (χ0v) is 13.9. The topological polar surface area (TPSA) is 58.2 Å². The van der Waals surface area contributed by atoms with Crippen LogP contribution < -0.4 is 10.6 Å². The molecule has 0 aliphatic heterocycles. The lowest BCUT2D eigenvalue weighted by Crippen LogP contribution is -2.29. The fourth-order valence-corrected chi connectivity index (χ4v) is 3.55. The maximum absolute atomic E-state index is 12.0. The van der Waals surface area contributed by atoms with Gasteiger partial charge in [0.25, 0.3) is 11.8 Å². The average molecular weight is 334 g/mol. The molecule has 0 atom stereocenters. The normalized spacial score (nSPS) is 10.2. The number of thioether (sulfide) groups is 1. The van der Waals surface area contributed by atoms with Gasteiger partial charge in [-0.05, 0) is 36.3 Å². The molecule has 1 aromatic carbocycles. The largest absolute Gasteiger partial charge is 0.352 e. The van der Waals surface area contributed by atoms with Crippen molar-refractivity contribution in [2.45, 2.75) is 11.3 Å². The number of rotatable bonds is 7. The molecule has 2 amide bonds. The summed E-state index contributed by atoms with van der Waals surface area (Å²) in [5.41, 5.74) is 0.648. The van der Waals surface area contributed by atoms with Crippen LogP contribution in [-0.4, -0.2) is 31.2 Å². The third-order valence-corrected chi connectivity index (χ3v) is 4.84. The highest BCUT2D eigenvalue weighted by Crippen LogP contribution is 2.25. The van der Waals surface area contributed by atoms with E-state index in [4.69, 9.17) is 0 Å². The molecule has 0 aliphatic carbocycles. The molecule has 2 rings (SSSR count). The summed E-state index contributed by atoms with van der Waals surface area (Å²) in [5.74, 6) is -0.136. The number of carbonyl (C=O) groups excluding carboxylic acids is 2. The molecule has 1 heterocycles. The number of benzene rings is 1. The van der Waals surface area contributed by atoms with Crippen molar-refractivity contribution in [3.05, 3.63) is 52.2 Å². The van der Waals surface area contributed by atoms with Crippen molar-refractivity contribution in [2.75, 3.05) is 19.3 Å². The zero-order valence-electron chi connectivity index (χ0n) is 12.3. The Morgan fingerprint density at radius 1 is 1.05 bits per heavy atom. The molecule has 0 fully saturated rings. The Kier molecular flexibility index (Phi) is 6.48. The van der Waals surface area contributed by atoms with Gasteiger partial charge in [0.2, 0.25) is 0 Å². The highest BCUT2D eigenvalue weighted by atomic mass is 32.2. The lowest BCUT2D eigenvalue weighted by Gasteiger charge is -2.07. The molecule has 2 aromatic rings. The summed E-state index contributed by atoms with van der Waals surface area (Å²) in [6.45, 7) is 1.08. The van der Waals surface area contributed by atoms with Gasteiger partial charge in [-0.2, -0.15) is 0 Å². The lowest BCUT2D eigenvalue weighted by atomic mass is 10.2. The molecular weight excluding hydrogens is 316 g/mol. The monoisotopic (exact) mass is 334 g/mol. The molecule has 0 bridgehead atoms. The van der Waals surface area contributed by atoms with Gasteiger partial charge in [-0.15, -0.1) is 23.1 Å². The van der Waals surface area contributed by atoms with Crippen LogP contribution in [0.2, 0.25) is 0 Å². The third-order valence-electron chi connectivity index (χ3n) is 3.02. The first kappa shape index (κ1) is 16.6. The molecule has 0 aliphatic rings. The van der Waals surface area contributed by atoms with E-state index < -0.39 is 0 Å². The highest BCUT2D eigenvalue weighted by molar-refractivity contribution is 7.98. The molecule has 0 spiro atoms. The number of hydrogen-bond donors (Lipinski definition) is 2. The second-order valence-electron chi connectivity index (χ2n) is 4.55. The van der Waals surface area contributed by atoms with E-state index in [2.05, 4.69) is 10.6 Å². The maximum atomic E-state index is 12.0. The van der Waals surface area contributed by atoms with Gasteiger partial charge in [-0.3, -0.25) is 9.59 Å². The van der Waals surface area contributed by atoms with Crippen molar-refractivity contribution in [2.24, 2.45) is 0 Å². The molecule has 22 heavy (non-hydrogen) atoms. The molecule has 6 heteroatoms. The quantitative estimate of drug-likeness (QED) is 0.604. The van der Waals surface area contributed by atoms with Gasteiger partial charge >= 0.3 is 0 Å².